The zero-order valence-corrected chi connectivity index (χ0v) is 52.1. The lowest BCUT2D eigenvalue weighted by atomic mass is 9.65. The Labute approximate surface area is 467 Å². The van der Waals surface area contributed by atoms with Crippen LogP contribution in [0.5, 0.6) is 0 Å². The number of thioether (sulfide) groups is 1. The van der Waals surface area contributed by atoms with E-state index in [9.17, 15) is 5.11 Å². The summed E-state index contributed by atoms with van der Waals surface area (Å²) in [6.07, 6.45) is 31.7. The summed E-state index contributed by atoms with van der Waals surface area (Å²) in [6.45, 7) is 32.6. The molecule has 0 spiro atoms. The molecule has 0 aromatic carbocycles. The normalized spacial score (nSPS) is 21.2. The molecule has 410 valence electrons. The molecule has 0 bridgehead atoms. The Morgan fingerprint density at radius 3 is 1.50 bits per heavy atom. The van der Waals surface area contributed by atoms with Gasteiger partial charge in [-0.05, 0) is 114 Å². The van der Waals surface area contributed by atoms with Crippen molar-refractivity contribution in [2.45, 2.75) is 248 Å². The maximum Gasteiger partial charge on any atom is 0.239 e. The summed E-state index contributed by atoms with van der Waals surface area (Å²) in [4.78, 5) is 23.1. The van der Waals surface area contributed by atoms with Crippen LogP contribution in [0, 0.1) is 23.7 Å². The van der Waals surface area contributed by atoms with Gasteiger partial charge in [0, 0.05) is 66.6 Å². The van der Waals surface area contributed by atoms with Gasteiger partial charge < -0.3 is 10.0 Å². The van der Waals surface area contributed by atoms with E-state index in [1.54, 1.807) is 11.1 Å². The Morgan fingerprint density at radius 1 is 0.554 bits per heavy atom. The summed E-state index contributed by atoms with van der Waals surface area (Å²) in [5.74, 6) is 2.81. The average Bonchev–Trinajstić information content (AvgIpc) is 4.27. The van der Waals surface area contributed by atoms with Crippen molar-refractivity contribution in [2.75, 3.05) is 31.1 Å². The van der Waals surface area contributed by atoms with Gasteiger partial charge in [-0.25, -0.2) is 4.58 Å². The molecule has 1 aliphatic heterocycles. The van der Waals surface area contributed by atoms with Crippen LogP contribution in [0.2, 0.25) is 0 Å². The molecule has 4 heterocycles. The van der Waals surface area contributed by atoms with Crippen LogP contribution < -0.4 is 14.0 Å². The smallest absolute Gasteiger partial charge is 0.239 e. The molecule has 7 rings (SSSR count). The van der Waals surface area contributed by atoms with Gasteiger partial charge in [0.15, 0.2) is 0 Å². The fourth-order valence-electron chi connectivity index (χ4n) is 13.9. The number of nitrogens with zero attached hydrogens (tertiary/aromatic N) is 2. The van der Waals surface area contributed by atoms with Crippen LogP contribution in [-0.2, 0) is 15.6 Å². The second-order valence-electron chi connectivity index (χ2n) is 23.4. The highest BCUT2D eigenvalue weighted by molar-refractivity contribution is 8.22. The number of aliphatic hydroxyl groups is 1. The predicted octanol–water partition coefficient (Wildman–Crippen LogP) is 19.2. The van der Waals surface area contributed by atoms with E-state index in [2.05, 4.69) is 117 Å². The van der Waals surface area contributed by atoms with E-state index in [1.165, 1.54) is 143 Å². The fraction of sp³-hybridized carbons (Fsp3) is 0.697. The van der Waals surface area contributed by atoms with E-state index in [1.807, 2.05) is 45.8 Å². The van der Waals surface area contributed by atoms with Crippen LogP contribution in [0.3, 0.4) is 0 Å². The molecule has 0 amide bonds. The average molecular weight is 1080 g/mol. The number of fused-ring (bicyclic) bond motifs is 5. The first-order chi connectivity index (χ1) is 35.9. The Bertz CT molecular complexity index is 2530. The van der Waals surface area contributed by atoms with Gasteiger partial charge in [0.05, 0.1) is 21.0 Å². The monoisotopic (exact) mass is 1080 g/mol. The zero-order valence-electron chi connectivity index (χ0n) is 48.8. The van der Waals surface area contributed by atoms with Gasteiger partial charge in [-0.3, -0.25) is 4.79 Å². The van der Waals surface area contributed by atoms with Crippen LogP contribution in [0.4, 0.5) is 5.00 Å². The molecule has 0 fully saturated rings. The molecule has 8 heteroatoms. The van der Waals surface area contributed by atoms with Crippen molar-refractivity contribution in [3.8, 4) is 9.75 Å². The number of hydrogen-bond donors (Lipinski definition) is 1. The Hall–Kier alpha value is -2.39. The number of carbonyl (C=O) groups is 1. The molecule has 3 aromatic heterocycles. The summed E-state index contributed by atoms with van der Waals surface area (Å²) in [6, 6.07) is 7.50. The van der Waals surface area contributed by atoms with E-state index in [0.29, 0.717) is 34.8 Å². The second-order valence-corrected chi connectivity index (χ2v) is 27.6. The number of anilines is 1. The molecule has 0 saturated heterocycles. The number of unbranched alkanes of at least 4 members (excludes halogenated alkanes) is 4. The minimum atomic E-state index is -0.101. The standard InChI is InChI=1S/C66H100N2O2S4/c1-13-25-29-45(21-9)41-65(42-46(22-10)30-26-14-2)49-37-53(71-61(49)63-51(65)39-55(73-63)67(33-17-5)34-18-6)57-59(69)58(60(57)70)54-38-50-62(72-54)64-52(40-56(74-64)68(35-19-7)36-20-8)66(50,43-47(23-11)31-27-15-3)44-48(24-12)32-28-16-4/h37-40,45-48H,13-36,41-44H2,1-12H3/p+1. The highest BCUT2D eigenvalue weighted by Crippen LogP contribution is 2.63. The lowest BCUT2D eigenvalue weighted by Gasteiger charge is -2.38. The molecule has 3 aromatic rings. The first kappa shape index (κ1) is 59.3. The molecule has 4 nitrogen and oxygen atoms in total. The lowest BCUT2D eigenvalue weighted by Crippen LogP contribution is -2.33. The highest BCUT2D eigenvalue weighted by Gasteiger charge is 2.52. The van der Waals surface area contributed by atoms with Gasteiger partial charge >= 0.3 is 0 Å². The third-order valence-corrected chi connectivity index (χ3v) is 23.1. The van der Waals surface area contributed by atoms with Crippen molar-refractivity contribution in [1.82, 2.24) is 0 Å². The number of thiophene rings is 3. The number of hydrogen-bond acceptors (Lipinski definition) is 7. The maximum atomic E-state index is 15.2. The van der Waals surface area contributed by atoms with E-state index in [4.69, 9.17) is 0 Å². The summed E-state index contributed by atoms with van der Waals surface area (Å²) in [5.41, 5.74) is 6.97. The lowest BCUT2D eigenvalue weighted by molar-refractivity contribution is -0.524. The molecule has 4 aliphatic rings. The van der Waals surface area contributed by atoms with Crippen LogP contribution in [0.1, 0.15) is 259 Å². The minimum absolute atomic E-state index is 0.0411. The topological polar surface area (TPSA) is 43.5 Å². The van der Waals surface area contributed by atoms with Crippen molar-refractivity contribution in [3.05, 3.63) is 66.2 Å². The number of allylic oxidation sites excluding steroid dienone is 2. The molecule has 3 aliphatic carbocycles. The molecular formula is C66H101N2O2S4+. The molecular weight excluding hydrogens is 981 g/mol. The van der Waals surface area contributed by atoms with E-state index >= 15 is 4.79 Å². The molecule has 4 unspecified atom stereocenters. The Morgan fingerprint density at radius 2 is 1.04 bits per heavy atom. The van der Waals surface area contributed by atoms with Gasteiger partial charge in [0.1, 0.15) is 18.8 Å². The van der Waals surface area contributed by atoms with E-state index < -0.39 is 0 Å². The summed E-state index contributed by atoms with van der Waals surface area (Å²) in [5, 5.41) is 15.5. The summed E-state index contributed by atoms with van der Waals surface area (Å²) < 4.78 is 5.00. The molecule has 0 radical (unpaired) electrons. The SMILES string of the molecule is CCCCC(CC)CC1(CC(CC)CCCC)C2=CC(=[N+](CCC)CCC)SC2=c2s/c(=C3/C(=O)C(c4cc5c(s4)-c4sc(N(CCC)CCC)cc4C5(CC(CC)CCCC)CC(CC)CCCC)=C3O)cc21. The maximum absolute atomic E-state index is 15.2. The largest absolute Gasteiger partial charge is 0.506 e. The third kappa shape index (κ3) is 11.9. The third-order valence-electron chi connectivity index (χ3n) is 18.1. The zero-order chi connectivity index (χ0) is 53.2. The first-order valence-corrected chi connectivity index (χ1v) is 34.1. The van der Waals surface area contributed by atoms with Crippen molar-refractivity contribution in [2.24, 2.45) is 23.7 Å². The van der Waals surface area contributed by atoms with Crippen LogP contribution in [0.25, 0.3) is 25.8 Å². The van der Waals surface area contributed by atoms with Gasteiger partial charge in [-0.2, -0.15) is 0 Å². The quantitative estimate of drug-likeness (QED) is 0.0605. The van der Waals surface area contributed by atoms with Crippen molar-refractivity contribution < 1.29 is 14.5 Å². The second kappa shape index (κ2) is 27.5. The number of aliphatic hydroxyl groups excluding tert-OH is 1. The van der Waals surface area contributed by atoms with Gasteiger partial charge in [-0.1, -0.05) is 186 Å². The number of carbonyl (C=O) groups excluding carboxylic acids is 1. The van der Waals surface area contributed by atoms with Crippen molar-refractivity contribution >= 4 is 77.7 Å². The predicted molar refractivity (Wildman–Crippen MR) is 331 cm³/mol. The van der Waals surface area contributed by atoms with E-state index in [-0.39, 0.29) is 22.4 Å². The van der Waals surface area contributed by atoms with Gasteiger partial charge in [-0.15, -0.1) is 34.0 Å². The summed E-state index contributed by atoms with van der Waals surface area (Å²) >= 11 is 7.65. The molecule has 74 heavy (non-hydrogen) atoms. The van der Waals surface area contributed by atoms with Crippen molar-refractivity contribution in [3.63, 3.8) is 0 Å². The Kier molecular flexibility index (Phi) is 22.0. The van der Waals surface area contributed by atoms with Crippen LogP contribution in [-0.4, -0.2) is 46.7 Å². The van der Waals surface area contributed by atoms with Gasteiger partial charge in [0.2, 0.25) is 10.8 Å². The highest BCUT2D eigenvalue weighted by atomic mass is 32.2. The van der Waals surface area contributed by atoms with Gasteiger partial charge in [0.25, 0.3) is 0 Å². The fourth-order valence-corrected chi connectivity index (χ4v) is 19.4. The number of ketones is 1. The Balaban J connectivity index is 1.43. The van der Waals surface area contributed by atoms with E-state index in [0.717, 1.165) is 87.0 Å². The van der Waals surface area contributed by atoms with Crippen LogP contribution in [0.15, 0.2) is 35.6 Å². The van der Waals surface area contributed by atoms with Crippen LogP contribution >= 0.6 is 45.8 Å². The molecule has 4 atom stereocenters. The number of rotatable bonds is 34. The number of Topliss-reactive ketones (excluding diaryl/α,β-unsaturated/α-hetero) is 1. The molecule has 0 saturated carbocycles. The van der Waals surface area contributed by atoms with Crippen molar-refractivity contribution in [1.29, 1.82) is 0 Å². The first-order valence-electron chi connectivity index (χ1n) is 30.9. The molecule has 1 N–H and O–H groups in total. The minimum Gasteiger partial charge on any atom is -0.506 e. The summed E-state index contributed by atoms with van der Waals surface area (Å²) in [7, 11) is 0.